The summed E-state index contributed by atoms with van der Waals surface area (Å²) in [5.41, 5.74) is 3.72. The molecule has 144 valence electrons. The molecule has 0 unspecified atom stereocenters. The molecule has 2 aromatic rings. The minimum atomic E-state index is -0.262. The Labute approximate surface area is 160 Å². The molecule has 0 saturated carbocycles. The highest BCUT2D eigenvalue weighted by Crippen LogP contribution is 2.28. The molecule has 0 aliphatic heterocycles. The van der Waals surface area contributed by atoms with E-state index in [0.29, 0.717) is 24.7 Å². The predicted molar refractivity (Wildman–Crippen MR) is 107 cm³/mol. The molecule has 1 amide bonds. The standard InChI is InChI=1S/C21H26N2O4/c1-5-25-19-11-10-17(12-20(19)26-6-2)13-22-27-14-21(24)23-18-9-7-8-15(3)16(18)4/h7-13H,5-6,14H2,1-4H3,(H,23,24)/b22-13+. The average Bonchev–Trinajstić information content (AvgIpc) is 2.65. The molecule has 0 saturated heterocycles. The van der Waals surface area contributed by atoms with Crippen LogP contribution in [-0.2, 0) is 9.63 Å². The lowest BCUT2D eigenvalue weighted by Crippen LogP contribution is -2.17. The summed E-state index contributed by atoms with van der Waals surface area (Å²) in [6, 6.07) is 11.2. The van der Waals surface area contributed by atoms with E-state index in [4.69, 9.17) is 14.3 Å². The maximum absolute atomic E-state index is 12.0. The van der Waals surface area contributed by atoms with E-state index in [1.165, 1.54) is 6.21 Å². The van der Waals surface area contributed by atoms with Crippen LogP contribution in [0.1, 0.15) is 30.5 Å². The number of carbonyl (C=O) groups excluding carboxylic acids is 1. The minimum absolute atomic E-state index is 0.167. The summed E-state index contributed by atoms with van der Waals surface area (Å²) < 4.78 is 11.1. The van der Waals surface area contributed by atoms with Gasteiger partial charge in [-0.05, 0) is 63.1 Å². The van der Waals surface area contributed by atoms with Gasteiger partial charge in [-0.25, -0.2) is 0 Å². The Bertz CT molecular complexity index is 803. The quantitative estimate of drug-likeness (QED) is 0.533. The first-order chi connectivity index (χ1) is 13.0. The fourth-order valence-corrected chi connectivity index (χ4v) is 2.41. The maximum Gasteiger partial charge on any atom is 0.265 e. The van der Waals surface area contributed by atoms with Crippen LogP contribution in [0.25, 0.3) is 0 Å². The third-order valence-electron chi connectivity index (χ3n) is 3.92. The Hall–Kier alpha value is -3.02. The molecule has 0 atom stereocenters. The highest BCUT2D eigenvalue weighted by Gasteiger charge is 2.07. The van der Waals surface area contributed by atoms with Gasteiger partial charge in [-0.15, -0.1) is 0 Å². The van der Waals surface area contributed by atoms with Gasteiger partial charge in [0.15, 0.2) is 18.1 Å². The molecule has 0 fully saturated rings. The van der Waals surface area contributed by atoms with Crippen molar-refractivity contribution in [2.45, 2.75) is 27.7 Å². The van der Waals surface area contributed by atoms with Crippen LogP contribution in [-0.4, -0.2) is 31.9 Å². The van der Waals surface area contributed by atoms with Gasteiger partial charge in [-0.3, -0.25) is 4.79 Å². The molecule has 0 spiro atoms. The smallest absolute Gasteiger partial charge is 0.265 e. The van der Waals surface area contributed by atoms with E-state index in [9.17, 15) is 4.79 Å². The van der Waals surface area contributed by atoms with Crippen LogP contribution in [0.3, 0.4) is 0 Å². The van der Waals surface area contributed by atoms with Gasteiger partial charge in [0.1, 0.15) is 0 Å². The molecule has 0 radical (unpaired) electrons. The largest absolute Gasteiger partial charge is 0.490 e. The van der Waals surface area contributed by atoms with E-state index in [-0.39, 0.29) is 12.5 Å². The second-order valence-electron chi connectivity index (χ2n) is 5.88. The van der Waals surface area contributed by atoms with Crippen molar-refractivity contribution in [2.75, 3.05) is 25.1 Å². The molecule has 0 aromatic heterocycles. The van der Waals surface area contributed by atoms with Crippen molar-refractivity contribution < 1.29 is 19.1 Å². The van der Waals surface area contributed by atoms with Crippen molar-refractivity contribution in [2.24, 2.45) is 5.16 Å². The number of aryl methyl sites for hydroxylation is 1. The lowest BCUT2D eigenvalue weighted by Gasteiger charge is -2.11. The topological polar surface area (TPSA) is 69.2 Å². The summed E-state index contributed by atoms with van der Waals surface area (Å²) in [6.07, 6.45) is 1.53. The number of ether oxygens (including phenoxy) is 2. The van der Waals surface area contributed by atoms with Crippen LogP contribution in [0.4, 0.5) is 5.69 Å². The Kier molecular flexibility index (Phi) is 7.67. The van der Waals surface area contributed by atoms with Crippen LogP contribution < -0.4 is 14.8 Å². The molecule has 0 bridgehead atoms. The first-order valence-electron chi connectivity index (χ1n) is 8.96. The van der Waals surface area contributed by atoms with Crippen molar-refractivity contribution in [1.82, 2.24) is 0 Å². The zero-order valence-electron chi connectivity index (χ0n) is 16.2. The van der Waals surface area contributed by atoms with Crippen LogP contribution >= 0.6 is 0 Å². The SMILES string of the molecule is CCOc1ccc(/C=N/OCC(=O)Nc2cccc(C)c2C)cc1OCC. The van der Waals surface area contributed by atoms with E-state index in [1.807, 2.05) is 64.1 Å². The number of oxime groups is 1. The van der Waals surface area contributed by atoms with Crippen LogP contribution in [0, 0.1) is 13.8 Å². The zero-order chi connectivity index (χ0) is 19.6. The van der Waals surface area contributed by atoms with Gasteiger partial charge in [-0.2, -0.15) is 0 Å². The van der Waals surface area contributed by atoms with Crippen LogP contribution in [0.5, 0.6) is 11.5 Å². The molecule has 2 aromatic carbocycles. The number of hydrogen-bond donors (Lipinski definition) is 1. The van der Waals surface area contributed by atoms with Crippen molar-refractivity contribution in [1.29, 1.82) is 0 Å². The summed E-state index contributed by atoms with van der Waals surface area (Å²) in [4.78, 5) is 17.1. The summed E-state index contributed by atoms with van der Waals surface area (Å²) in [6.45, 7) is 8.72. The zero-order valence-corrected chi connectivity index (χ0v) is 16.2. The van der Waals surface area contributed by atoms with Gasteiger partial charge in [0.05, 0.1) is 19.4 Å². The fraction of sp³-hybridized carbons (Fsp3) is 0.333. The molecule has 27 heavy (non-hydrogen) atoms. The number of nitrogens with zero attached hydrogens (tertiary/aromatic N) is 1. The lowest BCUT2D eigenvalue weighted by molar-refractivity contribution is -0.120. The van der Waals surface area contributed by atoms with E-state index < -0.39 is 0 Å². The predicted octanol–water partition coefficient (Wildman–Crippen LogP) is 4.09. The number of hydrogen-bond acceptors (Lipinski definition) is 5. The third-order valence-corrected chi connectivity index (χ3v) is 3.92. The Morgan fingerprint density at radius 3 is 2.56 bits per heavy atom. The highest BCUT2D eigenvalue weighted by molar-refractivity contribution is 5.92. The first kappa shape index (κ1) is 20.3. The van der Waals surface area contributed by atoms with E-state index in [1.54, 1.807) is 0 Å². The molecule has 6 nitrogen and oxygen atoms in total. The van der Waals surface area contributed by atoms with Crippen LogP contribution in [0.2, 0.25) is 0 Å². The number of anilines is 1. The van der Waals surface area contributed by atoms with Gasteiger partial charge in [0, 0.05) is 11.3 Å². The third kappa shape index (κ3) is 6.02. The molecule has 1 N–H and O–H groups in total. The van der Waals surface area contributed by atoms with Crippen LogP contribution in [0.15, 0.2) is 41.6 Å². The summed E-state index contributed by atoms with van der Waals surface area (Å²) in [7, 11) is 0. The van der Waals surface area contributed by atoms with Crippen molar-refractivity contribution in [3.05, 3.63) is 53.1 Å². The van der Waals surface area contributed by atoms with E-state index in [0.717, 1.165) is 22.4 Å². The minimum Gasteiger partial charge on any atom is -0.490 e. The van der Waals surface area contributed by atoms with Gasteiger partial charge in [-0.1, -0.05) is 17.3 Å². The molecule has 6 heteroatoms. The summed E-state index contributed by atoms with van der Waals surface area (Å²) in [5, 5.41) is 6.68. The Morgan fingerprint density at radius 2 is 1.81 bits per heavy atom. The monoisotopic (exact) mass is 370 g/mol. The maximum atomic E-state index is 12.0. The normalized spacial score (nSPS) is 10.7. The lowest BCUT2D eigenvalue weighted by atomic mass is 10.1. The first-order valence-corrected chi connectivity index (χ1v) is 8.96. The Morgan fingerprint density at radius 1 is 1.07 bits per heavy atom. The average molecular weight is 370 g/mol. The highest BCUT2D eigenvalue weighted by atomic mass is 16.6. The van der Waals surface area contributed by atoms with Crippen molar-refractivity contribution >= 4 is 17.8 Å². The van der Waals surface area contributed by atoms with Crippen molar-refractivity contribution in [3.63, 3.8) is 0 Å². The molecule has 2 rings (SSSR count). The van der Waals surface area contributed by atoms with Gasteiger partial charge in [0.25, 0.3) is 5.91 Å². The summed E-state index contributed by atoms with van der Waals surface area (Å²) in [5.74, 6) is 1.07. The van der Waals surface area contributed by atoms with E-state index in [2.05, 4.69) is 10.5 Å². The number of amides is 1. The number of benzene rings is 2. The second kappa shape index (κ2) is 10.2. The number of nitrogens with one attached hydrogen (secondary N) is 1. The summed E-state index contributed by atoms with van der Waals surface area (Å²) >= 11 is 0. The van der Waals surface area contributed by atoms with Gasteiger partial charge < -0.3 is 19.6 Å². The molecule has 0 aliphatic rings. The second-order valence-corrected chi connectivity index (χ2v) is 5.88. The number of rotatable bonds is 9. The van der Waals surface area contributed by atoms with Gasteiger partial charge in [0.2, 0.25) is 0 Å². The van der Waals surface area contributed by atoms with E-state index >= 15 is 0 Å². The fourth-order valence-electron chi connectivity index (χ4n) is 2.41. The van der Waals surface area contributed by atoms with Gasteiger partial charge >= 0.3 is 0 Å². The number of carbonyl (C=O) groups is 1. The molecular weight excluding hydrogens is 344 g/mol. The Balaban J connectivity index is 1.90. The van der Waals surface area contributed by atoms with Crippen molar-refractivity contribution in [3.8, 4) is 11.5 Å². The molecule has 0 aliphatic carbocycles. The molecular formula is C21H26N2O4. The molecule has 0 heterocycles.